The molecule has 0 radical (unpaired) electrons. The lowest BCUT2D eigenvalue weighted by atomic mass is 9.67. The standard InChI is InChI=1S/C24H44O4Si/c1-8-9-10-11-18(28-29(6,7)23(2,3)4)12-13-19-20-17-24(26-14-15-27-24)21(20)16-22(19)25-5/h12-13,18-22H,8-11,14-17H2,1-7H3/b13-12+/t18?,19-,20-,21+,22-/m0/s1. The van der Waals surface area contributed by atoms with Gasteiger partial charge < -0.3 is 18.6 Å². The molecular formula is C24H44O4Si. The predicted octanol–water partition coefficient (Wildman–Crippen LogP) is 5.93. The maximum absolute atomic E-state index is 6.81. The van der Waals surface area contributed by atoms with Gasteiger partial charge in [-0.1, -0.05) is 59.1 Å². The van der Waals surface area contributed by atoms with Gasteiger partial charge in [0.1, 0.15) is 0 Å². The molecule has 4 nitrogen and oxygen atoms in total. The van der Waals surface area contributed by atoms with E-state index in [1.807, 2.05) is 7.11 Å². The van der Waals surface area contributed by atoms with E-state index in [1.54, 1.807) is 0 Å². The van der Waals surface area contributed by atoms with Gasteiger partial charge in [0, 0.05) is 25.4 Å². The van der Waals surface area contributed by atoms with Crippen LogP contribution in [0.1, 0.15) is 66.2 Å². The van der Waals surface area contributed by atoms with E-state index in [9.17, 15) is 0 Å². The molecule has 5 heteroatoms. The molecule has 1 aliphatic heterocycles. The van der Waals surface area contributed by atoms with E-state index < -0.39 is 8.32 Å². The summed E-state index contributed by atoms with van der Waals surface area (Å²) >= 11 is 0. The second-order valence-electron chi connectivity index (χ2n) is 10.9. The first kappa shape index (κ1) is 23.5. The molecule has 168 valence electrons. The van der Waals surface area contributed by atoms with Crippen LogP contribution < -0.4 is 0 Å². The van der Waals surface area contributed by atoms with Crippen molar-refractivity contribution in [3.63, 3.8) is 0 Å². The van der Waals surface area contributed by atoms with E-state index in [0.29, 0.717) is 17.8 Å². The smallest absolute Gasteiger partial charge is 0.192 e. The lowest BCUT2D eigenvalue weighted by Gasteiger charge is -2.49. The fourth-order valence-electron chi connectivity index (χ4n) is 5.15. The van der Waals surface area contributed by atoms with E-state index in [1.165, 1.54) is 19.3 Å². The van der Waals surface area contributed by atoms with Gasteiger partial charge in [-0.3, -0.25) is 0 Å². The molecule has 0 amide bonds. The van der Waals surface area contributed by atoms with Crippen LogP contribution in [0.3, 0.4) is 0 Å². The Morgan fingerprint density at radius 1 is 1.17 bits per heavy atom. The van der Waals surface area contributed by atoms with Crippen molar-refractivity contribution in [2.24, 2.45) is 17.8 Å². The van der Waals surface area contributed by atoms with Gasteiger partial charge in [0.25, 0.3) is 0 Å². The average molecular weight is 425 g/mol. The van der Waals surface area contributed by atoms with Gasteiger partial charge in [0.05, 0.1) is 25.4 Å². The lowest BCUT2D eigenvalue weighted by Crippen LogP contribution is -2.53. The van der Waals surface area contributed by atoms with Crippen molar-refractivity contribution in [1.82, 2.24) is 0 Å². The summed E-state index contributed by atoms with van der Waals surface area (Å²) in [5.41, 5.74) is 0. The summed E-state index contributed by atoms with van der Waals surface area (Å²) in [6, 6.07) is 0. The summed E-state index contributed by atoms with van der Waals surface area (Å²) in [5, 5.41) is 0.231. The molecule has 5 atom stereocenters. The SMILES string of the molecule is CCCCCC(/C=C/[C@H]1[C@@H]2CC3(OCCO3)[C@@H]2C[C@@H]1OC)O[Si](C)(C)C(C)(C)C. The zero-order valence-corrected chi connectivity index (χ0v) is 20.8. The lowest BCUT2D eigenvalue weighted by molar-refractivity contribution is -0.270. The molecule has 3 aliphatic rings. The van der Waals surface area contributed by atoms with Crippen molar-refractivity contribution < 1.29 is 18.6 Å². The van der Waals surface area contributed by atoms with Crippen LogP contribution in [0.15, 0.2) is 12.2 Å². The van der Waals surface area contributed by atoms with Crippen LogP contribution in [0, 0.1) is 17.8 Å². The van der Waals surface area contributed by atoms with Crippen LogP contribution in [0.25, 0.3) is 0 Å². The largest absolute Gasteiger partial charge is 0.411 e. The molecule has 0 aromatic carbocycles. The number of fused-ring (bicyclic) bond motifs is 2. The molecule has 1 saturated heterocycles. The summed E-state index contributed by atoms with van der Waals surface area (Å²) in [7, 11) is 0.0557. The zero-order chi connectivity index (χ0) is 21.3. The van der Waals surface area contributed by atoms with Crippen LogP contribution >= 0.6 is 0 Å². The first-order valence-corrected chi connectivity index (χ1v) is 14.7. The van der Waals surface area contributed by atoms with E-state index in [-0.39, 0.29) is 23.0 Å². The number of methoxy groups -OCH3 is 1. The minimum absolute atomic E-state index is 0.215. The van der Waals surface area contributed by atoms with Crippen LogP contribution in [0.2, 0.25) is 18.1 Å². The fraction of sp³-hybridized carbons (Fsp3) is 0.917. The topological polar surface area (TPSA) is 36.9 Å². The van der Waals surface area contributed by atoms with Gasteiger partial charge in [-0.25, -0.2) is 0 Å². The minimum Gasteiger partial charge on any atom is -0.411 e. The third-order valence-electron chi connectivity index (χ3n) is 7.98. The van der Waals surface area contributed by atoms with Gasteiger partial charge in [-0.2, -0.15) is 0 Å². The van der Waals surface area contributed by atoms with Crippen LogP contribution in [0.4, 0.5) is 0 Å². The number of ether oxygens (including phenoxy) is 3. The molecular weight excluding hydrogens is 380 g/mol. The minimum atomic E-state index is -1.80. The van der Waals surface area contributed by atoms with Crippen molar-refractivity contribution in [3.05, 3.63) is 12.2 Å². The van der Waals surface area contributed by atoms with Crippen molar-refractivity contribution in [1.29, 1.82) is 0 Å². The number of hydrogen-bond acceptors (Lipinski definition) is 4. The second-order valence-corrected chi connectivity index (χ2v) is 15.6. The van der Waals surface area contributed by atoms with E-state index >= 15 is 0 Å². The maximum atomic E-state index is 6.81. The third-order valence-corrected chi connectivity index (χ3v) is 12.5. The summed E-state index contributed by atoms with van der Waals surface area (Å²) in [6.45, 7) is 15.4. The van der Waals surface area contributed by atoms with Crippen molar-refractivity contribution in [2.75, 3.05) is 20.3 Å². The fourth-order valence-corrected chi connectivity index (χ4v) is 6.46. The summed E-state index contributed by atoms with van der Waals surface area (Å²) < 4.78 is 24.7. The van der Waals surface area contributed by atoms with Crippen LogP contribution in [-0.4, -0.2) is 46.6 Å². The molecule has 1 unspecified atom stereocenters. The Balaban J connectivity index is 1.68. The molecule has 0 bridgehead atoms. The monoisotopic (exact) mass is 424 g/mol. The highest BCUT2D eigenvalue weighted by Gasteiger charge is 2.64. The molecule has 29 heavy (non-hydrogen) atoms. The Kier molecular flexibility index (Phi) is 7.37. The van der Waals surface area contributed by atoms with Gasteiger partial charge in [-0.15, -0.1) is 0 Å². The Labute approximate surface area is 179 Å². The molecule has 0 N–H and O–H groups in total. The normalized spacial score (nSPS) is 32.7. The zero-order valence-electron chi connectivity index (χ0n) is 19.8. The first-order valence-electron chi connectivity index (χ1n) is 11.8. The molecule has 3 fully saturated rings. The second kappa shape index (κ2) is 9.11. The highest BCUT2D eigenvalue weighted by Crippen LogP contribution is 2.60. The number of hydrogen-bond donors (Lipinski definition) is 0. The number of rotatable bonds is 9. The van der Waals surface area contributed by atoms with Crippen molar-refractivity contribution in [3.8, 4) is 0 Å². The Morgan fingerprint density at radius 3 is 2.45 bits per heavy atom. The summed E-state index contributed by atoms with van der Waals surface area (Å²) in [5.74, 6) is 1.23. The van der Waals surface area contributed by atoms with Gasteiger partial charge in [0.2, 0.25) is 0 Å². The van der Waals surface area contributed by atoms with E-state index in [2.05, 4.69) is 52.9 Å². The Hall–Kier alpha value is -0.203. The van der Waals surface area contributed by atoms with Gasteiger partial charge >= 0.3 is 0 Å². The first-order chi connectivity index (χ1) is 13.6. The van der Waals surface area contributed by atoms with Crippen molar-refractivity contribution in [2.45, 2.75) is 102 Å². The van der Waals surface area contributed by atoms with Gasteiger partial charge in [0.15, 0.2) is 14.1 Å². The van der Waals surface area contributed by atoms with E-state index in [0.717, 1.165) is 32.5 Å². The maximum Gasteiger partial charge on any atom is 0.192 e. The molecule has 0 aromatic heterocycles. The quantitative estimate of drug-likeness (QED) is 0.261. The number of unbranched alkanes of at least 4 members (excludes halogenated alkanes) is 2. The Bertz CT molecular complexity index is 562. The van der Waals surface area contributed by atoms with Crippen molar-refractivity contribution >= 4 is 8.32 Å². The summed E-state index contributed by atoms with van der Waals surface area (Å²) in [4.78, 5) is 0. The van der Waals surface area contributed by atoms with E-state index in [4.69, 9.17) is 18.6 Å². The average Bonchev–Trinajstić information content (AvgIpc) is 3.22. The Morgan fingerprint density at radius 2 is 1.86 bits per heavy atom. The summed E-state index contributed by atoms with van der Waals surface area (Å²) in [6.07, 6.45) is 12.2. The van der Waals surface area contributed by atoms with Crippen LogP contribution in [0.5, 0.6) is 0 Å². The van der Waals surface area contributed by atoms with Crippen LogP contribution in [-0.2, 0) is 18.6 Å². The molecule has 0 aromatic rings. The molecule has 2 saturated carbocycles. The molecule has 3 rings (SSSR count). The molecule has 1 heterocycles. The molecule has 1 spiro atoms. The van der Waals surface area contributed by atoms with Gasteiger partial charge in [-0.05, 0) is 36.9 Å². The highest BCUT2D eigenvalue weighted by atomic mass is 28.4. The highest BCUT2D eigenvalue weighted by molar-refractivity contribution is 6.74. The predicted molar refractivity (Wildman–Crippen MR) is 120 cm³/mol. The third kappa shape index (κ3) is 4.84. The molecule has 2 aliphatic carbocycles.